The molecule has 1 aliphatic carbocycles. The lowest BCUT2D eigenvalue weighted by Crippen LogP contribution is -2.29. The summed E-state index contributed by atoms with van der Waals surface area (Å²) in [5.74, 6) is 2.76. The van der Waals surface area contributed by atoms with Crippen LogP contribution in [0.4, 0.5) is 0 Å². The van der Waals surface area contributed by atoms with E-state index in [-0.39, 0.29) is 5.56 Å². The van der Waals surface area contributed by atoms with Gasteiger partial charge in [-0.3, -0.25) is 14.1 Å². The molecule has 3 aromatic rings. The third-order valence-electron chi connectivity index (χ3n) is 4.56. The van der Waals surface area contributed by atoms with Crippen LogP contribution in [-0.2, 0) is 13.0 Å². The fourth-order valence-corrected chi connectivity index (χ4v) is 4.22. The molecule has 4 nitrogen and oxygen atoms in total. The molecule has 0 saturated carbocycles. The summed E-state index contributed by atoms with van der Waals surface area (Å²) in [6.07, 6.45) is 9.48. The van der Waals surface area contributed by atoms with Gasteiger partial charge in [-0.2, -0.15) is 0 Å². The van der Waals surface area contributed by atoms with Gasteiger partial charge >= 0.3 is 0 Å². The SMILES string of the molecule is C#CCN(Cc1cc(=O)n2ccsc2n1)C1CCc2ccccc21. The summed E-state index contributed by atoms with van der Waals surface area (Å²) in [6.45, 7) is 1.14. The lowest BCUT2D eigenvalue weighted by atomic mass is 10.1. The molecule has 0 radical (unpaired) electrons. The third kappa shape index (κ3) is 2.64. The number of aromatic nitrogens is 2. The molecule has 1 aromatic carbocycles. The maximum Gasteiger partial charge on any atom is 0.258 e. The van der Waals surface area contributed by atoms with Crippen molar-refractivity contribution >= 4 is 16.3 Å². The average molecular weight is 335 g/mol. The minimum Gasteiger partial charge on any atom is -0.279 e. The molecule has 4 rings (SSSR count). The van der Waals surface area contributed by atoms with Crippen molar-refractivity contribution in [1.82, 2.24) is 14.3 Å². The van der Waals surface area contributed by atoms with Crippen LogP contribution in [0.3, 0.4) is 0 Å². The second kappa shape index (κ2) is 6.23. The quantitative estimate of drug-likeness (QED) is 0.688. The van der Waals surface area contributed by atoms with Crippen LogP contribution in [0.15, 0.2) is 46.7 Å². The van der Waals surface area contributed by atoms with Crippen molar-refractivity contribution in [1.29, 1.82) is 0 Å². The largest absolute Gasteiger partial charge is 0.279 e. The van der Waals surface area contributed by atoms with E-state index >= 15 is 0 Å². The van der Waals surface area contributed by atoms with Crippen molar-refractivity contribution in [2.75, 3.05) is 6.54 Å². The van der Waals surface area contributed by atoms with Gasteiger partial charge in [-0.25, -0.2) is 4.98 Å². The molecule has 0 saturated heterocycles. The van der Waals surface area contributed by atoms with Gasteiger partial charge in [0.15, 0.2) is 4.96 Å². The monoisotopic (exact) mass is 335 g/mol. The van der Waals surface area contributed by atoms with Gasteiger partial charge in [-0.05, 0) is 24.0 Å². The number of thiazole rings is 1. The maximum atomic E-state index is 12.2. The van der Waals surface area contributed by atoms with Gasteiger partial charge in [-0.1, -0.05) is 30.2 Å². The molecule has 24 heavy (non-hydrogen) atoms. The molecule has 0 amide bonds. The molecular weight excluding hydrogens is 318 g/mol. The van der Waals surface area contributed by atoms with E-state index in [9.17, 15) is 4.79 Å². The van der Waals surface area contributed by atoms with Gasteiger partial charge in [0.05, 0.1) is 12.2 Å². The van der Waals surface area contributed by atoms with Crippen LogP contribution in [-0.4, -0.2) is 20.8 Å². The normalized spacial score (nSPS) is 16.4. The number of aryl methyl sites for hydroxylation is 1. The second-order valence-electron chi connectivity index (χ2n) is 6.00. The molecule has 2 aromatic heterocycles. The standard InChI is InChI=1S/C19H17N3OS/c1-2-9-21(17-8-7-14-5-3-4-6-16(14)17)13-15-12-18(23)22-10-11-24-19(22)20-15/h1,3-6,10-12,17H,7-9,13H2. The Bertz CT molecular complexity index is 982. The highest BCUT2D eigenvalue weighted by Gasteiger charge is 2.27. The summed E-state index contributed by atoms with van der Waals surface area (Å²) >= 11 is 1.47. The van der Waals surface area contributed by atoms with Gasteiger partial charge < -0.3 is 0 Å². The summed E-state index contributed by atoms with van der Waals surface area (Å²) in [4.78, 5) is 19.8. The van der Waals surface area contributed by atoms with Crippen LogP contribution < -0.4 is 5.56 Å². The molecule has 0 spiro atoms. The van der Waals surface area contributed by atoms with E-state index in [1.807, 2.05) is 5.38 Å². The Balaban J connectivity index is 1.66. The first-order chi connectivity index (χ1) is 11.8. The number of fused-ring (bicyclic) bond motifs is 2. The highest BCUT2D eigenvalue weighted by Crippen LogP contribution is 2.36. The summed E-state index contributed by atoms with van der Waals surface area (Å²) in [6, 6.07) is 10.4. The number of hydrogen-bond acceptors (Lipinski definition) is 4. The smallest absolute Gasteiger partial charge is 0.258 e. The molecular formula is C19H17N3OS. The Morgan fingerprint density at radius 2 is 2.29 bits per heavy atom. The van der Waals surface area contributed by atoms with Crippen LogP contribution in [0.5, 0.6) is 0 Å². The number of hydrogen-bond donors (Lipinski definition) is 0. The van der Waals surface area contributed by atoms with Gasteiger partial charge in [0.1, 0.15) is 0 Å². The Labute approximate surface area is 144 Å². The van der Waals surface area contributed by atoms with Crippen LogP contribution in [0.2, 0.25) is 0 Å². The van der Waals surface area contributed by atoms with E-state index in [4.69, 9.17) is 6.42 Å². The highest BCUT2D eigenvalue weighted by atomic mass is 32.1. The van der Waals surface area contributed by atoms with Crippen LogP contribution in [0.25, 0.3) is 4.96 Å². The molecule has 1 atom stereocenters. The van der Waals surface area contributed by atoms with Crippen molar-refractivity contribution in [2.24, 2.45) is 0 Å². The topological polar surface area (TPSA) is 37.6 Å². The molecule has 5 heteroatoms. The second-order valence-corrected chi connectivity index (χ2v) is 6.88. The zero-order chi connectivity index (χ0) is 16.5. The Hall–Kier alpha value is -2.42. The summed E-state index contributed by atoms with van der Waals surface area (Å²) < 4.78 is 1.57. The summed E-state index contributed by atoms with van der Waals surface area (Å²) in [7, 11) is 0. The van der Waals surface area contributed by atoms with Crippen LogP contribution in [0.1, 0.15) is 29.3 Å². The summed E-state index contributed by atoms with van der Waals surface area (Å²) in [5, 5.41) is 1.87. The van der Waals surface area contributed by atoms with E-state index in [1.54, 1.807) is 16.7 Å². The first-order valence-corrected chi connectivity index (χ1v) is 8.85. The van der Waals surface area contributed by atoms with Gasteiger partial charge in [-0.15, -0.1) is 17.8 Å². The van der Waals surface area contributed by atoms with E-state index in [1.165, 1.54) is 22.5 Å². The maximum absolute atomic E-state index is 12.2. The molecule has 1 unspecified atom stereocenters. The van der Waals surface area contributed by atoms with Gasteiger partial charge in [0.2, 0.25) is 0 Å². The van der Waals surface area contributed by atoms with E-state index in [0.29, 0.717) is 19.1 Å². The van der Waals surface area contributed by atoms with Gasteiger partial charge in [0.25, 0.3) is 5.56 Å². The van der Waals surface area contributed by atoms with Crippen LogP contribution >= 0.6 is 11.3 Å². The Kier molecular flexibility index (Phi) is 3.93. The average Bonchev–Trinajstić information content (AvgIpc) is 3.21. The van der Waals surface area contributed by atoms with E-state index in [0.717, 1.165) is 23.5 Å². The fraction of sp³-hybridized carbons (Fsp3) is 0.263. The number of benzene rings is 1. The number of nitrogens with zero attached hydrogens (tertiary/aromatic N) is 3. The molecule has 1 aliphatic rings. The molecule has 0 aliphatic heterocycles. The zero-order valence-electron chi connectivity index (χ0n) is 13.2. The first kappa shape index (κ1) is 15.1. The number of terminal acetylenes is 1. The molecule has 0 bridgehead atoms. The van der Waals surface area contributed by atoms with Crippen molar-refractivity contribution in [3.8, 4) is 12.3 Å². The Morgan fingerprint density at radius 1 is 1.42 bits per heavy atom. The van der Waals surface area contributed by atoms with Crippen molar-refractivity contribution in [2.45, 2.75) is 25.4 Å². The third-order valence-corrected chi connectivity index (χ3v) is 5.31. The van der Waals surface area contributed by atoms with E-state index < -0.39 is 0 Å². The fourth-order valence-electron chi connectivity index (χ4n) is 3.48. The van der Waals surface area contributed by atoms with Crippen molar-refractivity contribution in [3.05, 3.63) is 69.1 Å². The highest BCUT2D eigenvalue weighted by molar-refractivity contribution is 7.15. The van der Waals surface area contributed by atoms with Crippen molar-refractivity contribution < 1.29 is 0 Å². The van der Waals surface area contributed by atoms with E-state index in [2.05, 4.69) is 40.1 Å². The lowest BCUT2D eigenvalue weighted by Gasteiger charge is -2.27. The van der Waals surface area contributed by atoms with Crippen molar-refractivity contribution in [3.63, 3.8) is 0 Å². The molecule has 0 fully saturated rings. The Morgan fingerprint density at radius 3 is 3.17 bits per heavy atom. The molecule has 120 valence electrons. The minimum absolute atomic E-state index is 0.0382. The predicted octanol–water partition coefficient (Wildman–Crippen LogP) is 2.88. The number of rotatable bonds is 4. The zero-order valence-corrected chi connectivity index (χ0v) is 14.0. The minimum atomic E-state index is -0.0382. The predicted molar refractivity (Wildman–Crippen MR) is 96.1 cm³/mol. The first-order valence-electron chi connectivity index (χ1n) is 7.97. The van der Waals surface area contributed by atoms with Crippen LogP contribution in [0, 0.1) is 12.3 Å². The molecule has 2 heterocycles. The summed E-state index contributed by atoms with van der Waals surface area (Å²) in [5.41, 5.74) is 3.48. The lowest BCUT2D eigenvalue weighted by molar-refractivity contribution is 0.211. The van der Waals surface area contributed by atoms with Gasteiger partial charge in [0, 0.05) is 30.2 Å². The molecule has 0 N–H and O–H groups in total.